The van der Waals surface area contributed by atoms with Crippen LogP contribution >= 0.6 is 0 Å². The molecule has 0 saturated carbocycles. The van der Waals surface area contributed by atoms with Gasteiger partial charge in [0, 0.05) is 20.0 Å². The number of hydrogen-bond donors (Lipinski definition) is 2. The van der Waals surface area contributed by atoms with Crippen molar-refractivity contribution in [2.24, 2.45) is 0 Å². The smallest absolute Gasteiger partial charge is 0.120 e. The Balaban J connectivity index is 0. The number of ether oxygens (including phenoxy) is 1. The van der Waals surface area contributed by atoms with E-state index in [9.17, 15) is 9.90 Å². The minimum atomic E-state index is -0.523. The highest BCUT2D eigenvalue weighted by atomic mass is 16.5. The Morgan fingerprint density at radius 2 is 1.50 bits per heavy atom. The van der Waals surface area contributed by atoms with Crippen LogP contribution < -0.4 is 4.74 Å². The van der Waals surface area contributed by atoms with Gasteiger partial charge in [0.25, 0.3) is 0 Å². The van der Waals surface area contributed by atoms with Crippen molar-refractivity contribution < 1.29 is 19.7 Å². The molecular weight excluding hydrogens is 400 g/mol. The lowest BCUT2D eigenvalue weighted by Crippen LogP contribution is -2.09. The number of benzene rings is 1. The van der Waals surface area contributed by atoms with Crippen molar-refractivity contribution in [2.75, 3.05) is 13.7 Å². The van der Waals surface area contributed by atoms with Gasteiger partial charge in [0.1, 0.15) is 12.0 Å². The van der Waals surface area contributed by atoms with E-state index in [1.165, 1.54) is 6.42 Å². The number of aldehydes is 1. The molecule has 0 heterocycles. The van der Waals surface area contributed by atoms with Crippen LogP contribution in [0.4, 0.5) is 0 Å². The maximum absolute atomic E-state index is 10.4. The maximum Gasteiger partial charge on any atom is 0.120 e. The van der Waals surface area contributed by atoms with Gasteiger partial charge in [-0.2, -0.15) is 0 Å². The van der Waals surface area contributed by atoms with Crippen LogP contribution in [0, 0.1) is 0 Å². The topological polar surface area (TPSA) is 66.8 Å². The summed E-state index contributed by atoms with van der Waals surface area (Å²) in [7, 11) is 1.00. The van der Waals surface area contributed by atoms with Crippen LogP contribution in [0.15, 0.2) is 72.9 Å². The monoisotopic (exact) mass is 444 g/mol. The number of allylic oxidation sites excluding steroid dienone is 7. The van der Waals surface area contributed by atoms with Crippen molar-refractivity contribution in [3.8, 4) is 5.75 Å². The van der Waals surface area contributed by atoms with Gasteiger partial charge >= 0.3 is 0 Å². The molecule has 2 N–H and O–H groups in total. The van der Waals surface area contributed by atoms with E-state index in [0.717, 1.165) is 50.4 Å². The summed E-state index contributed by atoms with van der Waals surface area (Å²) in [5, 5.41) is 16.9. The normalized spacial score (nSPS) is 11.9. The molecule has 180 valence electrons. The Morgan fingerprint density at radius 3 is 2.12 bits per heavy atom. The highest BCUT2D eigenvalue weighted by Crippen LogP contribution is 2.13. The fraction of sp³-hybridized carbons (Fsp3) is 0.464. The van der Waals surface area contributed by atoms with Gasteiger partial charge in [0.15, 0.2) is 0 Å². The van der Waals surface area contributed by atoms with Crippen LogP contribution in [0.3, 0.4) is 0 Å². The Labute approximate surface area is 196 Å². The summed E-state index contributed by atoms with van der Waals surface area (Å²) in [5.41, 5.74) is 1.12. The number of aliphatic hydroxyl groups is 2. The molecule has 0 aliphatic heterocycles. The predicted octanol–water partition coefficient (Wildman–Crippen LogP) is 6.39. The van der Waals surface area contributed by atoms with E-state index < -0.39 is 6.10 Å². The molecule has 0 bridgehead atoms. The summed E-state index contributed by atoms with van der Waals surface area (Å²) in [6, 6.07) is 7.73. The van der Waals surface area contributed by atoms with Crippen molar-refractivity contribution in [3.05, 3.63) is 78.4 Å². The van der Waals surface area contributed by atoms with Gasteiger partial charge in [-0.1, -0.05) is 87.9 Å². The van der Waals surface area contributed by atoms with Crippen molar-refractivity contribution >= 4 is 6.29 Å². The molecule has 0 fully saturated rings. The third-order valence-corrected chi connectivity index (χ3v) is 3.86. The van der Waals surface area contributed by atoms with E-state index in [0.29, 0.717) is 19.4 Å². The first kappa shape index (κ1) is 31.8. The van der Waals surface area contributed by atoms with Crippen molar-refractivity contribution in [1.29, 1.82) is 0 Å². The number of aryl methyl sites for hydroxylation is 1. The Hall–Kier alpha value is -2.43. The lowest BCUT2D eigenvalue weighted by molar-refractivity contribution is -0.107. The Kier molecular flexibility index (Phi) is 26.4. The average molecular weight is 445 g/mol. The number of rotatable bonds is 14. The van der Waals surface area contributed by atoms with E-state index in [-0.39, 0.29) is 0 Å². The summed E-state index contributed by atoms with van der Waals surface area (Å²) < 4.78 is 5.64. The fourth-order valence-electron chi connectivity index (χ4n) is 2.34. The van der Waals surface area contributed by atoms with Gasteiger partial charge in [0.2, 0.25) is 0 Å². The number of carbonyl (C=O) groups is 1. The largest absolute Gasteiger partial charge is 0.493 e. The fourth-order valence-corrected chi connectivity index (χ4v) is 2.34. The minimum Gasteiger partial charge on any atom is -0.493 e. The summed E-state index contributed by atoms with van der Waals surface area (Å²) in [5.74, 6) is 0.778. The molecular formula is C28H44O4. The van der Waals surface area contributed by atoms with Gasteiger partial charge in [-0.25, -0.2) is 0 Å². The Morgan fingerprint density at radius 1 is 0.875 bits per heavy atom. The number of hydrogen-bond acceptors (Lipinski definition) is 4. The van der Waals surface area contributed by atoms with Gasteiger partial charge in [-0.15, -0.1) is 0 Å². The lowest BCUT2D eigenvalue weighted by atomic mass is 10.1. The van der Waals surface area contributed by atoms with Crippen molar-refractivity contribution in [1.82, 2.24) is 0 Å². The van der Waals surface area contributed by atoms with Gasteiger partial charge in [-0.05, 0) is 43.4 Å². The SMILES string of the molecule is CC/C=C\CC/C=C/C=C\C=C\C(O)CCOc1ccc(CCC=O)cc1.CCC.CO. The molecule has 0 aliphatic rings. The molecule has 1 aromatic rings. The van der Waals surface area contributed by atoms with E-state index in [1.54, 1.807) is 6.08 Å². The first-order chi connectivity index (χ1) is 15.7. The number of unbranched alkanes of at least 4 members (excludes halogenated alkanes) is 1. The van der Waals surface area contributed by atoms with Gasteiger partial charge in [-0.3, -0.25) is 0 Å². The molecule has 1 aromatic carbocycles. The van der Waals surface area contributed by atoms with Crippen molar-refractivity contribution in [3.63, 3.8) is 0 Å². The van der Waals surface area contributed by atoms with Crippen LogP contribution in [0.2, 0.25) is 0 Å². The Bertz CT molecular complexity index is 627. The predicted molar refractivity (Wildman–Crippen MR) is 137 cm³/mol. The molecule has 1 rings (SSSR count). The van der Waals surface area contributed by atoms with Crippen molar-refractivity contribution in [2.45, 2.75) is 71.8 Å². The molecule has 32 heavy (non-hydrogen) atoms. The molecule has 0 amide bonds. The van der Waals surface area contributed by atoms with Crippen LogP contribution in [0.1, 0.15) is 64.9 Å². The third kappa shape index (κ3) is 22.3. The van der Waals surface area contributed by atoms with E-state index in [1.807, 2.05) is 48.6 Å². The summed E-state index contributed by atoms with van der Waals surface area (Å²) in [6.45, 7) is 6.84. The number of carbonyl (C=O) groups excluding carboxylic acids is 1. The second-order valence-corrected chi connectivity index (χ2v) is 6.92. The molecule has 0 radical (unpaired) electrons. The van der Waals surface area contributed by atoms with Crippen LogP contribution in [-0.2, 0) is 11.2 Å². The summed E-state index contributed by atoms with van der Waals surface area (Å²) in [4.78, 5) is 10.4. The molecule has 0 saturated heterocycles. The second kappa shape index (κ2) is 26.6. The molecule has 0 spiro atoms. The minimum absolute atomic E-state index is 0.452. The van der Waals surface area contributed by atoms with Crippen LogP contribution in [0.25, 0.3) is 0 Å². The van der Waals surface area contributed by atoms with Crippen LogP contribution in [-0.4, -0.2) is 36.3 Å². The van der Waals surface area contributed by atoms with Gasteiger partial charge in [0.05, 0.1) is 12.7 Å². The first-order valence-electron chi connectivity index (χ1n) is 11.6. The molecule has 1 unspecified atom stereocenters. The molecule has 0 aliphatic carbocycles. The molecule has 4 heteroatoms. The molecule has 0 aromatic heterocycles. The van der Waals surface area contributed by atoms with E-state index >= 15 is 0 Å². The average Bonchev–Trinajstić information content (AvgIpc) is 2.81. The lowest BCUT2D eigenvalue weighted by Gasteiger charge is -2.08. The molecule has 4 nitrogen and oxygen atoms in total. The highest BCUT2D eigenvalue weighted by Gasteiger charge is 2.00. The standard InChI is InChI=1S/C24H32O3.C3H8.CH4O/c1-2-3-4-5-6-7-8-9-10-11-14-23(26)19-21-27-24-17-15-22(16-18-24)13-12-20-25;1-3-2;1-2/h3-4,7-11,14-18,20,23,26H,2,5-6,12-13,19,21H2,1H3;3H2,1-2H3;2H,1H3/b4-3-,8-7+,10-9-,14-11+;;. The summed E-state index contributed by atoms with van der Waals surface area (Å²) in [6.07, 6.45) is 22.8. The van der Waals surface area contributed by atoms with Gasteiger partial charge < -0.3 is 19.7 Å². The summed E-state index contributed by atoms with van der Waals surface area (Å²) >= 11 is 0. The highest BCUT2D eigenvalue weighted by molar-refractivity contribution is 5.50. The zero-order valence-corrected chi connectivity index (χ0v) is 20.5. The van der Waals surface area contributed by atoms with Crippen LogP contribution in [0.5, 0.6) is 5.75 Å². The van der Waals surface area contributed by atoms with E-state index in [4.69, 9.17) is 9.84 Å². The number of aliphatic hydroxyl groups excluding tert-OH is 2. The maximum atomic E-state index is 10.4. The zero-order valence-electron chi connectivity index (χ0n) is 20.5. The quantitative estimate of drug-likeness (QED) is 0.151. The zero-order chi connectivity index (χ0) is 24.3. The molecule has 1 atom stereocenters. The third-order valence-electron chi connectivity index (χ3n) is 3.86. The second-order valence-electron chi connectivity index (χ2n) is 6.92. The van der Waals surface area contributed by atoms with E-state index in [2.05, 4.69) is 39.0 Å². The first-order valence-corrected chi connectivity index (χ1v) is 11.6.